The number of carbonyl (C=O) groups excluding carboxylic acids is 2. The van der Waals surface area contributed by atoms with Gasteiger partial charge in [-0.2, -0.15) is 0 Å². The molecule has 0 bridgehead atoms. The van der Waals surface area contributed by atoms with Gasteiger partial charge in [-0.1, -0.05) is 30.3 Å². The van der Waals surface area contributed by atoms with Gasteiger partial charge in [-0.25, -0.2) is 0 Å². The minimum absolute atomic E-state index is 0.131. The minimum Gasteiger partial charge on any atom is -0.476 e. The monoisotopic (exact) mass is 361 g/mol. The molecule has 0 saturated heterocycles. The quantitative estimate of drug-likeness (QED) is 0.760. The van der Waals surface area contributed by atoms with E-state index in [0.717, 1.165) is 16.6 Å². The molecule has 6 heteroatoms. The molecule has 1 N–H and O–H groups in total. The van der Waals surface area contributed by atoms with Gasteiger partial charge in [0.2, 0.25) is 5.91 Å². The fourth-order valence-corrected chi connectivity index (χ4v) is 3.29. The Balaban J connectivity index is 1.64. The lowest BCUT2D eigenvalue weighted by atomic mass is 10.1. The Morgan fingerprint density at radius 2 is 1.89 bits per heavy atom. The third-order valence-electron chi connectivity index (χ3n) is 4.55. The van der Waals surface area contributed by atoms with Crippen LogP contribution in [0.5, 0.6) is 5.75 Å². The van der Waals surface area contributed by atoms with E-state index in [-0.39, 0.29) is 18.4 Å². The van der Waals surface area contributed by atoms with Crippen molar-refractivity contribution in [1.82, 2.24) is 4.98 Å². The van der Waals surface area contributed by atoms with Crippen LogP contribution in [-0.2, 0) is 9.59 Å². The molecule has 1 aliphatic rings. The van der Waals surface area contributed by atoms with Crippen molar-refractivity contribution in [2.24, 2.45) is 0 Å². The molecule has 6 nitrogen and oxygen atoms in total. The number of nitrogens with one attached hydrogen (secondary N) is 1. The first-order chi connectivity index (χ1) is 13.0. The number of hydrogen-bond acceptors (Lipinski definition) is 4. The van der Waals surface area contributed by atoms with Crippen LogP contribution in [0.1, 0.15) is 12.6 Å². The topological polar surface area (TPSA) is 71.5 Å². The number of hydrogen-bond donors (Lipinski definition) is 1. The Morgan fingerprint density at radius 1 is 1.15 bits per heavy atom. The third-order valence-corrected chi connectivity index (χ3v) is 4.55. The molecule has 27 heavy (non-hydrogen) atoms. The molecule has 1 atom stereocenters. The Bertz CT molecular complexity index is 1050. The molecule has 2 heterocycles. The zero-order valence-electron chi connectivity index (χ0n) is 15.1. The van der Waals surface area contributed by atoms with Crippen molar-refractivity contribution in [2.75, 3.05) is 16.8 Å². The number of aryl methyl sites for hydroxylation is 1. The first-order valence-electron chi connectivity index (χ1n) is 8.74. The average Bonchev–Trinajstić information content (AvgIpc) is 2.66. The van der Waals surface area contributed by atoms with E-state index in [0.29, 0.717) is 17.1 Å². The van der Waals surface area contributed by atoms with Gasteiger partial charge in [0.1, 0.15) is 5.75 Å². The number of benzene rings is 2. The Hall–Kier alpha value is -3.41. The van der Waals surface area contributed by atoms with Crippen LogP contribution in [-0.4, -0.2) is 29.4 Å². The normalized spacial score (nSPS) is 15.8. The second kappa shape index (κ2) is 6.72. The van der Waals surface area contributed by atoms with Crippen molar-refractivity contribution in [1.29, 1.82) is 0 Å². The van der Waals surface area contributed by atoms with E-state index in [1.807, 2.05) is 55.5 Å². The molecule has 0 radical (unpaired) electrons. The lowest BCUT2D eigenvalue weighted by molar-refractivity contribution is -0.123. The van der Waals surface area contributed by atoms with Crippen molar-refractivity contribution in [2.45, 2.75) is 20.0 Å². The van der Waals surface area contributed by atoms with E-state index < -0.39 is 6.10 Å². The molecule has 1 unspecified atom stereocenters. The molecular weight excluding hydrogens is 342 g/mol. The molecule has 4 rings (SSSR count). The number of fused-ring (bicyclic) bond motifs is 2. The maximum atomic E-state index is 12.9. The van der Waals surface area contributed by atoms with Gasteiger partial charge in [-0.05, 0) is 31.2 Å². The standard InChI is InChI=1S/C21H19N3O3/c1-13-11-17(15-7-3-4-8-16(15)22-13)23-21(26)20-12-24(14(2)25)18-9-5-6-10-19(18)27-20/h3-11,20H,12H2,1-2H3,(H,22,23,26). The van der Waals surface area contributed by atoms with Crippen LogP contribution in [0.3, 0.4) is 0 Å². The zero-order valence-corrected chi connectivity index (χ0v) is 15.1. The predicted molar refractivity (Wildman–Crippen MR) is 104 cm³/mol. The van der Waals surface area contributed by atoms with Crippen LogP contribution in [0.25, 0.3) is 10.9 Å². The highest BCUT2D eigenvalue weighted by molar-refractivity contribution is 6.04. The number of aromatic nitrogens is 1. The summed E-state index contributed by atoms with van der Waals surface area (Å²) in [5.41, 5.74) is 2.98. The largest absolute Gasteiger partial charge is 0.476 e. The highest BCUT2D eigenvalue weighted by Crippen LogP contribution is 2.33. The summed E-state index contributed by atoms with van der Waals surface area (Å²) in [4.78, 5) is 31.0. The van der Waals surface area contributed by atoms with Gasteiger partial charge in [0.05, 0.1) is 23.4 Å². The van der Waals surface area contributed by atoms with E-state index in [1.54, 1.807) is 11.0 Å². The fourth-order valence-electron chi connectivity index (χ4n) is 3.29. The van der Waals surface area contributed by atoms with Crippen LogP contribution >= 0.6 is 0 Å². The molecular formula is C21H19N3O3. The number of pyridine rings is 1. The lowest BCUT2D eigenvalue weighted by Gasteiger charge is -2.33. The van der Waals surface area contributed by atoms with E-state index in [1.165, 1.54) is 6.92 Å². The maximum absolute atomic E-state index is 12.9. The fraction of sp³-hybridized carbons (Fsp3) is 0.190. The summed E-state index contributed by atoms with van der Waals surface area (Å²) in [7, 11) is 0. The molecule has 2 aromatic carbocycles. The summed E-state index contributed by atoms with van der Waals surface area (Å²) in [5, 5.41) is 3.80. The molecule has 0 saturated carbocycles. The summed E-state index contributed by atoms with van der Waals surface area (Å²) in [6, 6.07) is 16.7. The number of anilines is 2. The van der Waals surface area contributed by atoms with Gasteiger partial charge in [0.25, 0.3) is 5.91 Å². The van der Waals surface area contributed by atoms with E-state index >= 15 is 0 Å². The van der Waals surface area contributed by atoms with Crippen molar-refractivity contribution in [3.63, 3.8) is 0 Å². The van der Waals surface area contributed by atoms with Crippen molar-refractivity contribution in [3.8, 4) is 5.75 Å². The van der Waals surface area contributed by atoms with Gasteiger partial charge >= 0.3 is 0 Å². The smallest absolute Gasteiger partial charge is 0.267 e. The Labute approximate surface area is 156 Å². The van der Waals surface area contributed by atoms with Gasteiger partial charge in [-0.15, -0.1) is 0 Å². The van der Waals surface area contributed by atoms with E-state index in [2.05, 4.69) is 10.3 Å². The van der Waals surface area contributed by atoms with Crippen LogP contribution < -0.4 is 15.0 Å². The maximum Gasteiger partial charge on any atom is 0.267 e. The second-order valence-electron chi connectivity index (χ2n) is 6.52. The van der Waals surface area contributed by atoms with Crippen LogP contribution in [0, 0.1) is 6.92 Å². The van der Waals surface area contributed by atoms with Crippen LogP contribution in [0.4, 0.5) is 11.4 Å². The third kappa shape index (κ3) is 3.21. The van der Waals surface area contributed by atoms with Gasteiger partial charge in [-0.3, -0.25) is 14.6 Å². The average molecular weight is 361 g/mol. The summed E-state index contributed by atoms with van der Waals surface area (Å²) in [6.45, 7) is 3.53. The number of carbonyl (C=O) groups is 2. The summed E-state index contributed by atoms with van der Waals surface area (Å²) in [6.07, 6.45) is -0.795. The summed E-state index contributed by atoms with van der Waals surface area (Å²) >= 11 is 0. The van der Waals surface area contributed by atoms with E-state index in [4.69, 9.17) is 4.74 Å². The van der Waals surface area contributed by atoms with E-state index in [9.17, 15) is 9.59 Å². The van der Waals surface area contributed by atoms with Crippen molar-refractivity contribution >= 4 is 34.1 Å². The van der Waals surface area contributed by atoms with Gasteiger partial charge in [0.15, 0.2) is 6.10 Å². The minimum atomic E-state index is -0.795. The van der Waals surface area contributed by atoms with Crippen molar-refractivity contribution < 1.29 is 14.3 Å². The number of ether oxygens (including phenoxy) is 1. The van der Waals surface area contributed by atoms with Crippen molar-refractivity contribution in [3.05, 3.63) is 60.3 Å². The van der Waals surface area contributed by atoms with Gasteiger partial charge < -0.3 is 15.0 Å². The lowest BCUT2D eigenvalue weighted by Crippen LogP contribution is -2.48. The first-order valence-corrected chi connectivity index (χ1v) is 8.74. The Kier molecular flexibility index (Phi) is 4.24. The number of nitrogens with zero attached hydrogens (tertiary/aromatic N) is 2. The van der Waals surface area contributed by atoms with Crippen LogP contribution in [0.2, 0.25) is 0 Å². The predicted octanol–water partition coefficient (Wildman–Crippen LogP) is 3.30. The molecule has 1 aromatic heterocycles. The summed E-state index contributed by atoms with van der Waals surface area (Å²) < 4.78 is 5.87. The first kappa shape index (κ1) is 17.0. The van der Waals surface area contributed by atoms with Gasteiger partial charge in [0, 0.05) is 18.0 Å². The molecule has 0 spiro atoms. The van der Waals surface area contributed by atoms with Crippen LogP contribution in [0.15, 0.2) is 54.6 Å². The number of para-hydroxylation sites is 3. The molecule has 3 aromatic rings. The number of rotatable bonds is 2. The molecule has 1 aliphatic heterocycles. The summed E-state index contributed by atoms with van der Waals surface area (Å²) in [5.74, 6) is 0.0927. The highest BCUT2D eigenvalue weighted by Gasteiger charge is 2.32. The Morgan fingerprint density at radius 3 is 2.70 bits per heavy atom. The molecule has 136 valence electrons. The SMILES string of the molecule is CC(=O)N1CC(C(=O)Nc2cc(C)nc3ccccc23)Oc2ccccc21. The molecule has 0 fully saturated rings. The number of amides is 2. The zero-order chi connectivity index (χ0) is 19.0. The highest BCUT2D eigenvalue weighted by atomic mass is 16.5. The molecule has 2 amide bonds. The second-order valence-corrected chi connectivity index (χ2v) is 6.52. The molecule has 0 aliphatic carbocycles.